The number of aryl methyl sites for hydroxylation is 1. The molecule has 0 spiro atoms. The number of benzene rings is 1. The van der Waals surface area contributed by atoms with Crippen molar-refractivity contribution >= 4 is 23.2 Å². The molecule has 0 aliphatic rings. The zero-order valence-electron chi connectivity index (χ0n) is 13.3. The second-order valence-electron chi connectivity index (χ2n) is 5.55. The van der Waals surface area contributed by atoms with E-state index in [0.717, 1.165) is 11.1 Å². The van der Waals surface area contributed by atoms with Gasteiger partial charge in [-0.05, 0) is 36.1 Å². The summed E-state index contributed by atoms with van der Waals surface area (Å²) in [7, 11) is 0. The van der Waals surface area contributed by atoms with Gasteiger partial charge in [-0.1, -0.05) is 25.4 Å². The number of pyridine rings is 1. The van der Waals surface area contributed by atoms with Gasteiger partial charge in [-0.15, -0.1) is 0 Å². The number of ether oxygens (including phenoxy) is 1. The van der Waals surface area contributed by atoms with Crippen molar-refractivity contribution in [1.82, 2.24) is 4.98 Å². The highest BCUT2D eigenvalue weighted by Crippen LogP contribution is 2.31. The first-order chi connectivity index (χ1) is 10.9. The summed E-state index contributed by atoms with van der Waals surface area (Å²) in [5.74, 6) is 0.436. The molecule has 1 aromatic heterocycles. The van der Waals surface area contributed by atoms with Crippen molar-refractivity contribution in [2.45, 2.75) is 26.7 Å². The first kappa shape index (κ1) is 17.1. The van der Waals surface area contributed by atoms with E-state index in [-0.39, 0.29) is 23.6 Å². The molecule has 0 saturated carbocycles. The Hall–Kier alpha value is -2.27. The molecule has 5 nitrogen and oxygen atoms in total. The van der Waals surface area contributed by atoms with Gasteiger partial charge in [0.2, 0.25) is 5.43 Å². The number of nitrogens with one attached hydrogen (secondary N) is 2. The largest absolute Gasteiger partial charge is 0.483 e. The summed E-state index contributed by atoms with van der Waals surface area (Å²) in [6, 6.07) is 5.02. The molecular weight excluding hydrogens is 316 g/mol. The Morgan fingerprint density at radius 3 is 2.78 bits per heavy atom. The molecule has 122 valence electrons. The molecule has 2 N–H and O–H groups in total. The van der Waals surface area contributed by atoms with Gasteiger partial charge in [0.05, 0.1) is 0 Å². The minimum atomic E-state index is -0.399. The van der Waals surface area contributed by atoms with E-state index in [2.05, 4.69) is 10.3 Å². The van der Waals surface area contributed by atoms with Crippen molar-refractivity contribution in [1.29, 1.82) is 0 Å². The van der Waals surface area contributed by atoms with Crippen molar-refractivity contribution in [2.24, 2.45) is 0 Å². The van der Waals surface area contributed by atoms with Gasteiger partial charge in [0.25, 0.3) is 5.91 Å². The number of carbonyl (C=O) groups excluding carboxylic acids is 1. The van der Waals surface area contributed by atoms with E-state index < -0.39 is 5.91 Å². The number of H-pyrrole nitrogens is 1. The second kappa shape index (κ2) is 7.33. The maximum atomic E-state index is 12.0. The molecule has 0 aliphatic heterocycles. The van der Waals surface area contributed by atoms with E-state index in [4.69, 9.17) is 16.3 Å². The van der Waals surface area contributed by atoms with Crippen LogP contribution in [0.25, 0.3) is 0 Å². The molecular formula is C17H19ClN2O3. The fraction of sp³-hybridized carbons (Fsp3) is 0.294. The predicted molar refractivity (Wildman–Crippen MR) is 91.5 cm³/mol. The third kappa shape index (κ3) is 4.36. The highest BCUT2D eigenvalue weighted by atomic mass is 35.5. The van der Waals surface area contributed by atoms with E-state index in [1.165, 1.54) is 18.5 Å². The number of aromatic amines is 1. The van der Waals surface area contributed by atoms with Crippen molar-refractivity contribution in [3.8, 4) is 5.75 Å². The van der Waals surface area contributed by atoms with Crippen LogP contribution in [0.4, 0.5) is 5.69 Å². The number of aromatic nitrogens is 1. The van der Waals surface area contributed by atoms with Crippen molar-refractivity contribution in [3.63, 3.8) is 0 Å². The summed E-state index contributed by atoms with van der Waals surface area (Å²) < 4.78 is 5.63. The van der Waals surface area contributed by atoms with Gasteiger partial charge < -0.3 is 15.0 Å². The molecule has 2 rings (SSSR count). The average Bonchev–Trinajstić information content (AvgIpc) is 2.50. The van der Waals surface area contributed by atoms with Gasteiger partial charge in [0.1, 0.15) is 11.4 Å². The van der Waals surface area contributed by atoms with Crippen LogP contribution < -0.4 is 15.5 Å². The Labute approximate surface area is 139 Å². The van der Waals surface area contributed by atoms with Gasteiger partial charge in [-0.25, -0.2) is 0 Å². The van der Waals surface area contributed by atoms with Crippen LogP contribution in [0.1, 0.15) is 30.9 Å². The first-order valence-corrected chi connectivity index (χ1v) is 7.66. The number of rotatable bonds is 5. The standard InChI is InChI=1S/C17H19ClN2O3/c1-10(2)12-7-13(18)11(3)6-16(12)23-9-17(22)20-14-8-19-5-4-15(14)21/h4-8,10H,9H2,1-3H3,(H,19,21)(H,20,22). The molecule has 0 saturated heterocycles. The van der Waals surface area contributed by atoms with E-state index in [1.54, 1.807) is 0 Å². The Morgan fingerprint density at radius 2 is 2.13 bits per heavy atom. The van der Waals surface area contributed by atoms with Crippen LogP contribution >= 0.6 is 11.6 Å². The maximum Gasteiger partial charge on any atom is 0.262 e. The van der Waals surface area contributed by atoms with Crippen molar-refractivity contribution in [2.75, 3.05) is 11.9 Å². The number of anilines is 1. The maximum absolute atomic E-state index is 12.0. The van der Waals surface area contributed by atoms with E-state index in [1.807, 2.05) is 32.9 Å². The molecule has 1 amide bonds. The molecule has 0 unspecified atom stereocenters. The fourth-order valence-corrected chi connectivity index (χ4v) is 2.26. The highest BCUT2D eigenvalue weighted by Gasteiger charge is 2.13. The van der Waals surface area contributed by atoms with Gasteiger partial charge in [0, 0.05) is 23.5 Å². The number of carbonyl (C=O) groups is 1. The molecule has 2 aromatic rings. The molecule has 0 atom stereocenters. The van der Waals surface area contributed by atoms with Crippen LogP contribution in [0.5, 0.6) is 5.75 Å². The van der Waals surface area contributed by atoms with Gasteiger partial charge in [-0.3, -0.25) is 9.59 Å². The second-order valence-corrected chi connectivity index (χ2v) is 5.96. The summed E-state index contributed by atoms with van der Waals surface area (Å²) in [5.41, 5.74) is 1.75. The Bertz CT molecular complexity index is 769. The molecule has 0 bridgehead atoms. The van der Waals surface area contributed by atoms with Crippen LogP contribution in [-0.2, 0) is 4.79 Å². The minimum absolute atomic E-state index is 0.185. The number of hydrogen-bond acceptors (Lipinski definition) is 3. The molecule has 23 heavy (non-hydrogen) atoms. The lowest BCUT2D eigenvalue weighted by Gasteiger charge is -2.15. The van der Waals surface area contributed by atoms with Crippen molar-refractivity contribution in [3.05, 3.63) is 57.0 Å². The molecule has 1 heterocycles. The predicted octanol–water partition coefficient (Wildman–Crippen LogP) is 3.48. The van der Waals surface area contributed by atoms with Gasteiger partial charge >= 0.3 is 0 Å². The van der Waals surface area contributed by atoms with Gasteiger partial charge in [-0.2, -0.15) is 0 Å². The Morgan fingerprint density at radius 1 is 1.39 bits per heavy atom. The molecule has 0 radical (unpaired) electrons. The number of hydrogen-bond donors (Lipinski definition) is 2. The third-order valence-electron chi connectivity index (χ3n) is 3.37. The van der Waals surface area contributed by atoms with Crippen LogP contribution in [0.15, 0.2) is 35.4 Å². The summed E-state index contributed by atoms with van der Waals surface area (Å²) in [4.78, 5) is 26.3. The quantitative estimate of drug-likeness (QED) is 0.879. The average molecular weight is 335 g/mol. The van der Waals surface area contributed by atoms with E-state index >= 15 is 0 Å². The van der Waals surface area contributed by atoms with Crippen LogP contribution in [0.2, 0.25) is 5.02 Å². The zero-order valence-corrected chi connectivity index (χ0v) is 14.0. The van der Waals surface area contributed by atoms with Crippen LogP contribution in [0.3, 0.4) is 0 Å². The minimum Gasteiger partial charge on any atom is -0.483 e. The molecule has 0 aliphatic carbocycles. The Balaban J connectivity index is 2.09. The summed E-state index contributed by atoms with van der Waals surface area (Å²) >= 11 is 6.14. The highest BCUT2D eigenvalue weighted by molar-refractivity contribution is 6.31. The zero-order chi connectivity index (χ0) is 17.0. The SMILES string of the molecule is Cc1cc(OCC(=O)Nc2c[nH]ccc2=O)c(C(C)C)cc1Cl. The van der Waals surface area contributed by atoms with Crippen molar-refractivity contribution < 1.29 is 9.53 Å². The van der Waals surface area contributed by atoms with Gasteiger partial charge in [0.15, 0.2) is 6.61 Å². The fourth-order valence-electron chi connectivity index (χ4n) is 2.09. The van der Waals surface area contributed by atoms with E-state index in [0.29, 0.717) is 10.8 Å². The normalized spacial score (nSPS) is 10.7. The summed E-state index contributed by atoms with van der Waals surface area (Å²) in [6.45, 7) is 5.74. The number of halogens is 1. The molecule has 0 fully saturated rings. The third-order valence-corrected chi connectivity index (χ3v) is 3.78. The summed E-state index contributed by atoms with van der Waals surface area (Å²) in [6.07, 6.45) is 2.94. The van der Waals surface area contributed by atoms with Crippen LogP contribution in [-0.4, -0.2) is 17.5 Å². The van der Waals surface area contributed by atoms with E-state index in [9.17, 15) is 9.59 Å². The topological polar surface area (TPSA) is 71.2 Å². The monoisotopic (exact) mass is 334 g/mol. The molecule has 6 heteroatoms. The lowest BCUT2D eigenvalue weighted by molar-refractivity contribution is -0.118. The lowest BCUT2D eigenvalue weighted by Crippen LogP contribution is -2.24. The number of amides is 1. The van der Waals surface area contributed by atoms with Crippen LogP contribution in [0, 0.1) is 6.92 Å². The molecule has 1 aromatic carbocycles. The smallest absolute Gasteiger partial charge is 0.262 e. The first-order valence-electron chi connectivity index (χ1n) is 7.28. The Kier molecular flexibility index (Phi) is 5.45. The summed E-state index contributed by atoms with van der Waals surface area (Å²) in [5, 5.41) is 3.19. The lowest BCUT2D eigenvalue weighted by atomic mass is 10.0.